The van der Waals surface area contributed by atoms with Crippen molar-refractivity contribution in [1.29, 1.82) is 0 Å². The number of hydrogen-bond donors (Lipinski definition) is 0. The number of ketones is 1. The average molecular weight is 213 g/mol. The Morgan fingerprint density at radius 2 is 2.27 bits per heavy atom. The number of likely N-dealkylation sites (tertiary alicyclic amines) is 1. The van der Waals surface area contributed by atoms with E-state index in [1.54, 1.807) is 6.92 Å². The van der Waals surface area contributed by atoms with Gasteiger partial charge >= 0.3 is 5.97 Å². The predicted molar refractivity (Wildman–Crippen MR) is 56.5 cm³/mol. The summed E-state index contributed by atoms with van der Waals surface area (Å²) in [6.45, 7) is 6.46. The molecule has 86 valence electrons. The predicted octanol–water partition coefficient (Wildman–Crippen LogP) is 0.851. The molecule has 0 aromatic rings. The summed E-state index contributed by atoms with van der Waals surface area (Å²) in [6, 6.07) is 0. The molecule has 0 spiro atoms. The van der Waals surface area contributed by atoms with E-state index in [-0.39, 0.29) is 11.8 Å². The number of rotatable bonds is 4. The molecule has 1 aliphatic rings. The molecular formula is C11H19NO3. The number of Topliss-reactive ketones (excluding diaryl/α,β-unsaturated/α-hetero) is 1. The minimum absolute atomic E-state index is 0.0285. The molecule has 0 radical (unpaired) electrons. The zero-order valence-corrected chi connectivity index (χ0v) is 9.49. The smallest absolute Gasteiger partial charge is 0.317 e. The molecule has 0 aromatic carbocycles. The van der Waals surface area contributed by atoms with E-state index < -0.39 is 5.92 Å². The Kier molecular flexibility index (Phi) is 4.75. The van der Waals surface area contributed by atoms with E-state index >= 15 is 0 Å². The third kappa shape index (κ3) is 3.30. The van der Waals surface area contributed by atoms with Crippen LogP contribution in [-0.4, -0.2) is 42.9 Å². The molecule has 15 heavy (non-hydrogen) atoms. The highest BCUT2D eigenvalue weighted by Crippen LogP contribution is 2.14. The number of nitrogens with zero attached hydrogens (tertiary/aromatic N) is 1. The average Bonchev–Trinajstić information content (AvgIpc) is 2.21. The minimum Gasteiger partial charge on any atom is -0.465 e. The van der Waals surface area contributed by atoms with E-state index in [1.807, 2.05) is 0 Å². The molecule has 0 aromatic heterocycles. The van der Waals surface area contributed by atoms with Crippen LogP contribution in [0.15, 0.2) is 0 Å². The van der Waals surface area contributed by atoms with Gasteiger partial charge in [-0.25, -0.2) is 0 Å². The van der Waals surface area contributed by atoms with E-state index in [1.165, 1.54) is 0 Å². The number of carbonyl (C=O) groups excluding carboxylic acids is 2. The molecule has 0 bridgehead atoms. The third-order valence-corrected chi connectivity index (χ3v) is 2.61. The van der Waals surface area contributed by atoms with Crippen LogP contribution in [0.25, 0.3) is 0 Å². The fourth-order valence-corrected chi connectivity index (χ4v) is 1.86. The van der Waals surface area contributed by atoms with Gasteiger partial charge in [0.05, 0.1) is 6.61 Å². The van der Waals surface area contributed by atoms with Crippen molar-refractivity contribution in [2.45, 2.75) is 26.7 Å². The number of carbonyl (C=O) groups is 2. The summed E-state index contributed by atoms with van der Waals surface area (Å²) in [5.41, 5.74) is 0. The molecule has 1 heterocycles. The number of esters is 1. The van der Waals surface area contributed by atoms with Crippen molar-refractivity contribution < 1.29 is 14.3 Å². The van der Waals surface area contributed by atoms with Crippen molar-refractivity contribution in [2.24, 2.45) is 5.92 Å². The van der Waals surface area contributed by atoms with E-state index in [0.717, 1.165) is 19.5 Å². The fourth-order valence-electron chi connectivity index (χ4n) is 1.86. The highest BCUT2D eigenvalue weighted by molar-refractivity contribution is 5.99. The largest absolute Gasteiger partial charge is 0.465 e. The second-order valence-electron chi connectivity index (χ2n) is 3.82. The van der Waals surface area contributed by atoms with Gasteiger partial charge in [0, 0.05) is 19.5 Å². The van der Waals surface area contributed by atoms with E-state index in [2.05, 4.69) is 11.8 Å². The molecule has 4 heteroatoms. The maximum atomic E-state index is 11.5. The number of ether oxygens (including phenoxy) is 1. The zero-order chi connectivity index (χ0) is 11.3. The quantitative estimate of drug-likeness (QED) is 0.513. The van der Waals surface area contributed by atoms with Gasteiger partial charge in [-0.05, 0) is 19.9 Å². The Labute approximate surface area is 90.6 Å². The summed E-state index contributed by atoms with van der Waals surface area (Å²) >= 11 is 0. The van der Waals surface area contributed by atoms with Crippen molar-refractivity contribution in [1.82, 2.24) is 4.90 Å². The van der Waals surface area contributed by atoms with Crippen LogP contribution in [0.1, 0.15) is 26.7 Å². The van der Waals surface area contributed by atoms with Gasteiger partial charge in [-0.2, -0.15) is 0 Å². The molecule has 0 saturated carbocycles. The third-order valence-electron chi connectivity index (χ3n) is 2.61. The first-order valence-electron chi connectivity index (χ1n) is 5.60. The molecule has 1 rings (SSSR count). The highest BCUT2D eigenvalue weighted by Gasteiger charge is 2.33. The van der Waals surface area contributed by atoms with Gasteiger partial charge in [-0.3, -0.25) is 9.59 Å². The molecule has 0 amide bonds. The standard InChI is InChI=1S/C11H19NO3/c1-3-6-12-7-5-10(13)9(8-12)11(14)15-4-2/h9H,3-8H2,1-2H3. The summed E-state index contributed by atoms with van der Waals surface area (Å²) < 4.78 is 4.89. The molecule has 1 unspecified atom stereocenters. The molecule has 0 aliphatic carbocycles. The van der Waals surface area contributed by atoms with Crippen LogP contribution in [0.5, 0.6) is 0 Å². The van der Waals surface area contributed by atoms with Gasteiger partial charge in [0.2, 0.25) is 0 Å². The Balaban J connectivity index is 2.53. The van der Waals surface area contributed by atoms with Gasteiger partial charge in [0.25, 0.3) is 0 Å². The van der Waals surface area contributed by atoms with E-state index in [0.29, 0.717) is 19.6 Å². The lowest BCUT2D eigenvalue weighted by Crippen LogP contribution is -2.45. The van der Waals surface area contributed by atoms with Gasteiger partial charge in [-0.15, -0.1) is 0 Å². The Morgan fingerprint density at radius 3 is 2.87 bits per heavy atom. The number of hydrogen-bond acceptors (Lipinski definition) is 4. The Bertz CT molecular complexity index is 240. The van der Waals surface area contributed by atoms with Crippen LogP contribution >= 0.6 is 0 Å². The van der Waals surface area contributed by atoms with Crippen LogP contribution < -0.4 is 0 Å². The molecule has 1 aliphatic heterocycles. The lowest BCUT2D eigenvalue weighted by atomic mass is 9.96. The lowest BCUT2D eigenvalue weighted by Gasteiger charge is -2.30. The van der Waals surface area contributed by atoms with E-state index in [4.69, 9.17) is 4.74 Å². The van der Waals surface area contributed by atoms with Crippen molar-refractivity contribution >= 4 is 11.8 Å². The maximum absolute atomic E-state index is 11.5. The van der Waals surface area contributed by atoms with Crippen molar-refractivity contribution in [3.8, 4) is 0 Å². The first-order valence-corrected chi connectivity index (χ1v) is 5.60. The van der Waals surface area contributed by atoms with Crippen LogP contribution in [-0.2, 0) is 14.3 Å². The van der Waals surface area contributed by atoms with Gasteiger partial charge < -0.3 is 9.64 Å². The van der Waals surface area contributed by atoms with Crippen LogP contribution in [0.2, 0.25) is 0 Å². The molecular weight excluding hydrogens is 194 g/mol. The lowest BCUT2D eigenvalue weighted by molar-refractivity contribution is -0.153. The van der Waals surface area contributed by atoms with Gasteiger partial charge in [0.1, 0.15) is 11.7 Å². The molecule has 0 N–H and O–H groups in total. The summed E-state index contributed by atoms with van der Waals surface area (Å²) in [4.78, 5) is 25.2. The monoisotopic (exact) mass is 213 g/mol. The SMILES string of the molecule is CCCN1CCC(=O)C(C(=O)OCC)C1. The zero-order valence-electron chi connectivity index (χ0n) is 9.49. The summed E-state index contributed by atoms with van der Waals surface area (Å²) in [6.07, 6.45) is 1.52. The van der Waals surface area contributed by atoms with Crippen LogP contribution in [0, 0.1) is 5.92 Å². The van der Waals surface area contributed by atoms with Gasteiger partial charge in [0.15, 0.2) is 0 Å². The van der Waals surface area contributed by atoms with Crippen LogP contribution in [0.4, 0.5) is 0 Å². The maximum Gasteiger partial charge on any atom is 0.317 e. The van der Waals surface area contributed by atoms with Crippen molar-refractivity contribution in [3.05, 3.63) is 0 Å². The second kappa shape index (κ2) is 5.85. The fraction of sp³-hybridized carbons (Fsp3) is 0.818. The Hall–Kier alpha value is -0.900. The second-order valence-corrected chi connectivity index (χ2v) is 3.82. The van der Waals surface area contributed by atoms with Crippen molar-refractivity contribution in [2.75, 3.05) is 26.2 Å². The summed E-state index contributed by atoms with van der Waals surface area (Å²) in [5, 5.41) is 0. The normalized spacial score (nSPS) is 22.8. The molecule has 1 atom stereocenters. The topological polar surface area (TPSA) is 46.6 Å². The first-order chi connectivity index (χ1) is 7.19. The van der Waals surface area contributed by atoms with E-state index in [9.17, 15) is 9.59 Å². The molecule has 1 saturated heterocycles. The minimum atomic E-state index is -0.551. The van der Waals surface area contributed by atoms with Gasteiger partial charge in [-0.1, -0.05) is 6.92 Å². The Morgan fingerprint density at radius 1 is 1.53 bits per heavy atom. The summed E-state index contributed by atoms with van der Waals surface area (Å²) in [5.74, 6) is -0.880. The first kappa shape index (κ1) is 12.2. The van der Waals surface area contributed by atoms with Crippen molar-refractivity contribution in [3.63, 3.8) is 0 Å². The molecule has 4 nitrogen and oxygen atoms in total. The number of piperidine rings is 1. The molecule has 1 fully saturated rings. The highest BCUT2D eigenvalue weighted by atomic mass is 16.5. The van der Waals surface area contributed by atoms with Crippen LogP contribution in [0.3, 0.4) is 0 Å². The summed E-state index contributed by atoms with van der Waals surface area (Å²) in [7, 11) is 0.